The third-order valence-electron chi connectivity index (χ3n) is 1.55. The molecule has 1 aromatic carbocycles. The van der Waals surface area contributed by atoms with Crippen LogP contribution in [0.25, 0.3) is 0 Å². The minimum absolute atomic E-state index is 0.316. The van der Waals surface area contributed by atoms with Crippen molar-refractivity contribution in [2.45, 2.75) is 13.5 Å². The van der Waals surface area contributed by atoms with Gasteiger partial charge in [-0.1, -0.05) is 24.3 Å². The van der Waals surface area contributed by atoms with E-state index in [4.69, 9.17) is 0 Å². The van der Waals surface area contributed by atoms with Crippen LogP contribution in [-0.4, -0.2) is 6.47 Å². The van der Waals surface area contributed by atoms with E-state index in [9.17, 15) is 4.79 Å². The average molecular weight is 149 g/mol. The summed E-state index contributed by atoms with van der Waals surface area (Å²) in [6.07, 6.45) is 0. The van der Waals surface area contributed by atoms with Crippen molar-refractivity contribution in [2.75, 3.05) is 0 Å². The van der Waals surface area contributed by atoms with Gasteiger partial charge in [-0.25, -0.2) is 4.79 Å². The summed E-state index contributed by atoms with van der Waals surface area (Å²) in [6, 6.07) is 7.76. The Labute approximate surface area is 65.8 Å². The van der Waals surface area contributed by atoms with E-state index < -0.39 is 0 Å². The molecule has 57 valence electrons. The molecule has 1 rings (SSSR count). The van der Waals surface area contributed by atoms with Crippen molar-refractivity contribution in [3.63, 3.8) is 0 Å². The predicted octanol–water partition coefficient (Wildman–Crippen LogP) is 1.58. The predicted molar refractivity (Wildman–Crippen MR) is 41.7 cm³/mol. The monoisotopic (exact) mass is 149 g/mol. The van der Waals surface area contributed by atoms with Crippen molar-refractivity contribution in [1.82, 2.24) is 0 Å². The fourth-order valence-corrected chi connectivity index (χ4v) is 0.879. The maximum Gasteiger partial charge on any atom is 0.417 e. The van der Waals surface area contributed by atoms with Crippen molar-refractivity contribution in [3.8, 4) is 0 Å². The first-order chi connectivity index (χ1) is 5.34. The zero-order valence-electron chi connectivity index (χ0n) is 6.33. The Balaban J connectivity index is 2.69. The Morgan fingerprint density at radius 2 is 2.18 bits per heavy atom. The Morgan fingerprint density at radius 1 is 1.45 bits per heavy atom. The number of rotatable bonds is 3. The maximum atomic E-state index is 9.74. The molecule has 0 aliphatic rings. The molecule has 0 aromatic heterocycles. The standard InChI is InChI=1S/C9H9O2/c1-8-4-2-3-5-9(8)6-11-7-10/h2-5H,6H2,1H3. The molecular formula is C9H9O2. The first-order valence-electron chi connectivity index (χ1n) is 3.38. The minimum atomic E-state index is 0.316. The summed E-state index contributed by atoms with van der Waals surface area (Å²) in [6.45, 7) is 3.68. The van der Waals surface area contributed by atoms with Crippen molar-refractivity contribution in [1.29, 1.82) is 0 Å². The van der Waals surface area contributed by atoms with Gasteiger partial charge in [0.15, 0.2) is 0 Å². The van der Waals surface area contributed by atoms with Crippen LogP contribution >= 0.6 is 0 Å². The van der Waals surface area contributed by atoms with Crippen molar-refractivity contribution < 1.29 is 9.53 Å². The fourth-order valence-electron chi connectivity index (χ4n) is 0.879. The Hall–Kier alpha value is -1.31. The van der Waals surface area contributed by atoms with Gasteiger partial charge in [0.2, 0.25) is 0 Å². The Bertz CT molecular complexity index is 243. The highest BCUT2D eigenvalue weighted by molar-refractivity contribution is 5.39. The van der Waals surface area contributed by atoms with E-state index in [-0.39, 0.29) is 0 Å². The van der Waals surface area contributed by atoms with Crippen LogP contribution in [0.4, 0.5) is 0 Å². The molecule has 0 unspecified atom stereocenters. The minimum Gasteiger partial charge on any atom is -0.452 e. The van der Waals surface area contributed by atoms with Gasteiger partial charge in [0.05, 0.1) is 0 Å². The second-order valence-electron chi connectivity index (χ2n) is 2.30. The lowest BCUT2D eigenvalue weighted by atomic mass is 10.1. The summed E-state index contributed by atoms with van der Waals surface area (Å²) in [5.74, 6) is 0. The number of carbonyl (C=O) groups excluding carboxylic acids is 1. The quantitative estimate of drug-likeness (QED) is 0.652. The SMILES string of the molecule is Cc1ccccc1CO[C]=O. The molecule has 0 aliphatic heterocycles. The van der Waals surface area contributed by atoms with E-state index in [1.54, 1.807) is 0 Å². The molecule has 0 heterocycles. The Kier molecular flexibility index (Phi) is 2.66. The highest BCUT2D eigenvalue weighted by Gasteiger charge is 1.95. The van der Waals surface area contributed by atoms with Crippen molar-refractivity contribution in [3.05, 3.63) is 35.4 Å². The summed E-state index contributed by atoms with van der Waals surface area (Å²) in [4.78, 5) is 9.74. The lowest BCUT2D eigenvalue weighted by Crippen LogP contribution is -1.92. The molecule has 0 fully saturated rings. The lowest BCUT2D eigenvalue weighted by Gasteiger charge is -2.01. The number of hydrogen-bond acceptors (Lipinski definition) is 2. The molecule has 0 bridgehead atoms. The average Bonchev–Trinajstić information content (AvgIpc) is 2.03. The molecule has 0 atom stereocenters. The highest BCUT2D eigenvalue weighted by Crippen LogP contribution is 2.06. The van der Waals surface area contributed by atoms with Crippen molar-refractivity contribution >= 4 is 6.47 Å². The topological polar surface area (TPSA) is 26.3 Å². The van der Waals surface area contributed by atoms with Crippen LogP contribution in [0, 0.1) is 6.92 Å². The van der Waals surface area contributed by atoms with Crippen LogP contribution in [0.1, 0.15) is 11.1 Å². The van der Waals surface area contributed by atoms with Gasteiger partial charge < -0.3 is 4.74 Å². The molecular weight excluding hydrogens is 140 g/mol. The summed E-state index contributed by atoms with van der Waals surface area (Å²) < 4.78 is 4.49. The van der Waals surface area contributed by atoms with Gasteiger partial charge >= 0.3 is 6.47 Å². The van der Waals surface area contributed by atoms with E-state index in [0.29, 0.717) is 6.61 Å². The number of ether oxygens (including phenoxy) is 1. The third kappa shape index (κ3) is 2.08. The lowest BCUT2D eigenvalue weighted by molar-refractivity contribution is 0.266. The van der Waals surface area contributed by atoms with Gasteiger partial charge in [-0.2, -0.15) is 0 Å². The normalized spacial score (nSPS) is 9.18. The number of hydrogen-bond donors (Lipinski definition) is 0. The van der Waals surface area contributed by atoms with E-state index in [1.807, 2.05) is 31.2 Å². The van der Waals surface area contributed by atoms with Gasteiger partial charge in [-0.15, -0.1) is 0 Å². The van der Waals surface area contributed by atoms with Gasteiger partial charge in [-0.05, 0) is 18.1 Å². The zero-order valence-corrected chi connectivity index (χ0v) is 6.33. The fraction of sp³-hybridized carbons (Fsp3) is 0.222. The molecule has 1 radical (unpaired) electrons. The van der Waals surface area contributed by atoms with Crippen LogP contribution in [0.5, 0.6) is 0 Å². The van der Waals surface area contributed by atoms with E-state index in [1.165, 1.54) is 6.47 Å². The Morgan fingerprint density at radius 3 is 2.82 bits per heavy atom. The molecule has 0 aliphatic carbocycles. The van der Waals surface area contributed by atoms with Gasteiger partial charge in [0.25, 0.3) is 0 Å². The first-order valence-corrected chi connectivity index (χ1v) is 3.38. The van der Waals surface area contributed by atoms with Gasteiger partial charge in [-0.3, -0.25) is 0 Å². The molecule has 11 heavy (non-hydrogen) atoms. The van der Waals surface area contributed by atoms with Crippen LogP contribution < -0.4 is 0 Å². The van der Waals surface area contributed by atoms with Crippen LogP contribution in [-0.2, 0) is 16.1 Å². The summed E-state index contributed by atoms with van der Waals surface area (Å²) in [5.41, 5.74) is 2.15. The van der Waals surface area contributed by atoms with Gasteiger partial charge in [0.1, 0.15) is 6.61 Å². The molecule has 0 saturated carbocycles. The van der Waals surface area contributed by atoms with Crippen LogP contribution in [0.3, 0.4) is 0 Å². The van der Waals surface area contributed by atoms with Crippen molar-refractivity contribution in [2.24, 2.45) is 0 Å². The molecule has 0 saturated heterocycles. The maximum absolute atomic E-state index is 9.74. The summed E-state index contributed by atoms with van der Waals surface area (Å²) in [5, 5.41) is 0. The van der Waals surface area contributed by atoms with Crippen LogP contribution in [0.2, 0.25) is 0 Å². The summed E-state index contributed by atoms with van der Waals surface area (Å²) >= 11 is 0. The molecule has 1 aromatic rings. The molecule has 2 nitrogen and oxygen atoms in total. The molecule has 0 amide bonds. The second kappa shape index (κ2) is 3.76. The molecule has 0 spiro atoms. The number of benzene rings is 1. The summed E-state index contributed by atoms with van der Waals surface area (Å²) in [7, 11) is 0. The highest BCUT2D eigenvalue weighted by atomic mass is 16.5. The zero-order chi connectivity index (χ0) is 8.10. The number of aryl methyl sites for hydroxylation is 1. The van der Waals surface area contributed by atoms with Gasteiger partial charge in [0, 0.05) is 0 Å². The van der Waals surface area contributed by atoms with Crippen LogP contribution in [0.15, 0.2) is 24.3 Å². The third-order valence-corrected chi connectivity index (χ3v) is 1.55. The largest absolute Gasteiger partial charge is 0.452 e. The smallest absolute Gasteiger partial charge is 0.417 e. The van der Waals surface area contributed by atoms with E-state index >= 15 is 0 Å². The second-order valence-corrected chi connectivity index (χ2v) is 2.30. The van der Waals surface area contributed by atoms with E-state index in [2.05, 4.69) is 4.74 Å². The van der Waals surface area contributed by atoms with E-state index in [0.717, 1.165) is 11.1 Å². The molecule has 0 N–H and O–H groups in total. The first kappa shape index (κ1) is 7.79. The molecule has 2 heteroatoms.